The molecule has 3 N–H and O–H groups in total. The Bertz CT molecular complexity index is 780. The lowest BCUT2D eigenvalue weighted by atomic mass is 10.1. The first-order valence-corrected chi connectivity index (χ1v) is 10.7. The normalized spacial score (nSPS) is 21.3. The van der Waals surface area contributed by atoms with Gasteiger partial charge in [0.05, 0.1) is 12.0 Å². The minimum Gasteiger partial charge on any atom is -0.495 e. The molecule has 2 rings (SSSR count). The van der Waals surface area contributed by atoms with Gasteiger partial charge in [0.2, 0.25) is 10.0 Å². The quantitative estimate of drug-likeness (QED) is 0.736. The molecule has 2 atom stereocenters. The molecule has 0 heterocycles. The number of nitrogens with one attached hydrogen (secondary N) is 1. The van der Waals surface area contributed by atoms with Crippen LogP contribution in [0.25, 0.3) is 0 Å². The third kappa shape index (κ3) is 4.60. The number of sulfonamides is 1. The number of nitrogens with two attached hydrogens (primary N) is 1. The van der Waals surface area contributed by atoms with E-state index in [-0.39, 0.29) is 39.9 Å². The number of ether oxygens (including phenoxy) is 1. The van der Waals surface area contributed by atoms with Crippen molar-refractivity contribution in [3.05, 3.63) is 18.2 Å². The number of hydrogen-bond acceptors (Lipinski definition) is 6. The van der Waals surface area contributed by atoms with E-state index in [4.69, 9.17) is 10.5 Å². The van der Waals surface area contributed by atoms with Gasteiger partial charge in [-0.05, 0) is 43.5 Å². The molecular formula is C14H23ClN2O5S2. The zero-order valence-electron chi connectivity index (χ0n) is 13.6. The maximum absolute atomic E-state index is 12.7. The second kappa shape index (κ2) is 8.01. The highest BCUT2D eigenvalue weighted by Gasteiger charge is 2.32. The highest BCUT2D eigenvalue weighted by molar-refractivity contribution is 7.91. The summed E-state index contributed by atoms with van der Waals surface area (Å²) >= 11 is 0. The molecular weight excluding hydrogens is 376 g/mol. The maximum Gasteiger partial charge on any atom is 0.244 e. The largest absolute Gasteiger partial charge is 0.495 e. The van der Waals surface area contributed by atoms with Crippen molar-refractivity contribution < 1.29 is 21.6 Å². The zero-order chi connectivity index (χ0) is 17.3. The average molecular weight is 399 g/mol. The second-order valence-electron chi connectivity index (χ2n) is 5.74. The van der Waals surface area contributed by atoms with Gasteiger partial charge in [-0.3, -0.25) is 0 Å². The van der Waals surface area contributed by atoms with Gasteiger partial charge in [0, 0.05) is 12.3 Å². The van der Waals surface area contributed by atoms with Crippen LogP contribution in [0, 0.1) is 5.92 Å². The Balaban J connectivity index is 0.00000288. The van der Waals surface area contributed by atoms with Crippen molar-refractivity contribution >= 4 is 32.3 Å². The van der Waals surface area contributed by atoms with Crippen LogP contribution in [0.1, 0.15) is 19.3 Å². The fourth-order valence-corrected chi connectivity index (χ4v) is 5.09. The molecule has 138 valence electrons. The Morgan fingerprint density at radius 2 is 1.92 bits per heavy atom. The average Bonchev–Trinajstić information content (AvgIpc) is 2.92. The van der Waals surface area contributed by atoms with Crippen molar-refractivity contribution in [3.63, 3.8) is 0 Å². The zero-order valence-corrected chi connectivity index (χ0v) is 16.0. The van der Waals surface area contributed by atoms with Crippen molar-refractivity contribution in [2.45, 2.75) is 35.1 Å². The van der Waals surface area contributed by atoms with Gasteiger partial charge in [-0.25, -0.2) is 21.6 Å². The number of hydrogen-bond donors (Lipinski definition) is 2. The summed E-state index contributed by atoms with van der Waals surface area (Å²) in [4.78, 5) is -0.244. The summed E-state index contributed by atoms with van der Waals surface area (Å²) in [5.74, 6) is 0.195. The van der Waals surface area contributed by atoms with E-state index < -0.39 is 19.9 Å². The minimum absolute atomic E-state index is 0. The summed E-state index contributed by atoms with van der Waals surface area (Å²) in [7, 11) is -6.09. The number of halogens is 1. The Hall–Kier alpha value is -0.870. The minimum atomic E-state index is -3.91. The molecule has 1 aromatic carbocycles. The van der Waals surface area contributed by atoms with Gasteiger partial charge in [-0.15, -0.1) is 12.4 Å². The molecule has 7 nitrogen and oxygen atoms in total. The molecule has 0 aliphatic heterocycles. The van der Waals surface area contributed by atoms with Crippen LogP contribution in [0.3, 0.4) is 0 Å². The molecule has 1 aromatic rings. The van der Waals surface area contributed by atoms with Crippen molar-refractivity contribution in [2.75, 3.05) is 19.9 Å². The third-order valence-corrected chi connectivity index (χ3v) is 6.74. The van der Waals surface area contributed by atoms with Crippen molar-refractivity contribution in [2.24, 2.45) is 11.7 Å². The molecule has 24 heavy (non-hydrogen) atoms. The van der Waals surface area contributed by atoms with E-state index in [9.17, 15) is 16.8 Å². The molecule has 10 heteroatoms. The van der Waals surface area contributed by atoms with E-state index in [1.54, 1.807) is 0 Å². The van der Waals surface area contributed by atoms with Crippen molar-refractivity contribution in [1.29, 1.82) is 0 Å². The van der Waals surface area contributed by atoms with E-state index in [2.05, 4.69) is 4.72 Å². The summed E-state index contributed by atoms with van der Waals surface area (Å²) in [6, 6.07) is 3.56. The topological polar surface area (TPSA) is 116 Å². The van der Waals surface area contributed by atoms with Crippen LogP contribution in [0.2, 0.25) is 0 Å². The van der Waals surface area contributed by atoms with Crippen LogP contribution in [0.4, 0.5) is 0 Å². The van der Waals surface area contributed by atoms with Gasteiger partial charge < -0.3 is 10.5 Å². The third-order valence-electron chi connectivity index (χ3n) is 4.12. The van der Waals surface area contributed by atoms with E-state index in [0.29, 0.717) is 6.54 Å². The maximum atomic E-state index is 12.7. The van der Waals surface area contributed by atoms with Gasteiger partial charge in [-0.1, -0.05) is 6.42 Å². The highest BCUT2D eigenvalue weighted by Crippen LogP contribution is 2.30. The predicted octanol–water partition coefficient (Wildman–Crippen LogP) is 0.926. The number of sulfone groups is 1. The summed E-state index contributed by atoms with van der Waals surface area (Å²) in [5, 5.41) is 0. The van der Waals surface area contributed by atoms with E-state index in [0.717, 1.165) is 31.6 Å². The SMILES string of the molecule is COc1ccc(S(C)(=O)=O)cc1S(=O)(=O)NC1CCCC1CN.Cl. The molecule has 0 spiro atoms. The molecule has 1 saturated carbocycles. The Kier molecular flexibility index (Phi) is 7.06. The van der Waals surface area contributed by atoms with Crippen LogP contribution in [0.5, 0.6) is 5.75 Å². The van der Waals surface area contributed by atoms with Crippen LogP contribution in [0.15, 0.2) is 28.0 Å². The Morgan fingerprint density at radius 1 is 1.25 bits per heavy atom. The predicted molar refractivity (Wildman–Crippen MR) is 93.9 cm³/mol. The molecule has 2 unspecified atom stereocenters. The van der Waals surface area contributed by atoms with Gasteiger partial charge >= 0.3 is 0 Å². The van der Waals surface area contributed by atoms with Crippen LogP contribution >= 0.6 is 12.4 Å². The summed E-state index contributed by atoms with van der Waals surface area (Å²) in [5.41, 5.74) is 5.68. The molecule has 0 saturated heterocycles. The number of methoxy groups -OCH3 is 1. The van der Waals surface area contributed by atoms with Gasteiger partial charge in [0.1, 0.15) is 10.6 Å². The lowest BCUT2D eigenvalue weighted by Gasteiger charge is -2.20. The van der Waals surface area contributed by atoms with Crippen molar-refractivity contribution in [3.8, 4) is 5.75 Å². The smallest absolute Gasteiger partial charge is 0.244 e. The summed E-state index contributed by atoms with van der Waals surface area (Å²) in [6.07, 6.45) is 3.54. The van der Waals surface area contributed by atoms with Gasteiger partial charge in [0.25, 0.3) is 0 Å². The molecule has 1 aliphatic carbocycles. The highest BCUT2D eigenvalue weighted by atomic mass is 35.5. The van der Waals surface area contributed by atoms with Crippen LogP contribution in [-0.4, -0.2) is 42.8 Å². The van der Waals surface area contributed by atoms with Gasteiger partial charge in [-0.2, -0.15) is 0 Å². The first kappa shape index (κ1) is 21.2. The molecule has 0 amide bonds. The second-order valence-corrected chi connectivity index (χ2v) is 9.44. The van der Waals surface area contributed by atoms with Crippen LogP contribution in [-0.2, 0) is 19.9 Å². The first-order chi connectivity index (χ1) is 10.7. The van der Waals surface area contributed by atoms with Crippen LogP contribution < -0.4 is 15.2 Å². The summed E-state index contributed by atoms with van der Waals surface area (Å²) < 4.78 is 56.4. The number of rotatable bonds is 6. The Labute approximate surface area is 149 Å². The molecule has 0 aromatic heterocycles. The molecule has 1 aliphatic rings. The van der Waals surface area contributed by atoms with E-state index >= 15 is 0 Å². The molecule has 0 bridgehead atoms. The van der Waals surface area contributed by atoms with Crippen molar-refractivity contribution in [1.82, 2.24) is 4.72 Å². The lowest BCUT2D eigenvalue weighted by molar-refractivity contribution is 0.400. The van der Waals surface area contributed by atoms with E-state index in [1.807, 2.05) is 0 Å². The standard InChI is InChI=1S/C14H22N2O5S2.ClH/c1-21-13-7-6-11(22(2,17)18)8-14(13)23(19,20)16-12-5-3-4-10(12)9-15;/h6-8,10,12,16H,3-5,9,15H2,1-2H3;1H. The molecule has 1 fully saturated rings. The number of benzene rings is 1. The lowest BCUT2D eigenvalue weighted by Crippen LogP contribution is -2.39. The Morgan fingerprint density at radius 3 is 2.46 bits per heavy atom. The fraction of sp³-hybridized carbons (Fsp3) is 0.571. The summed E-state index contributed by atoms with van der Waals surface area (Å²) in [6.45, 7) is 0.410. The first-order valence-electron chi connectivity index (χ1n) is 7.29. The fourth-order valence-electron chi connectivity index (χ4n) is 2.83. The van der Waals surface area contributed by atoms with Gasteiger partial charge in [0.15, 0.2) is 9.84 Å². The monoisotopic (exact) mass is 398 g/mol. The van der Waals surface area contributed by atoms with E-state index in [1.165, 1.54) is 19.2 Å². The molecule has 0 radical (unpaired) electrons.